The van der Waals surface area contributed by atoms with E-state index in [1.807, 2.05) is 72.9 Å². The zero-order valence-corrected chi connectivity index (χ0v) is 27.5. The van der Waals surface area contributed by atoms with Crippen LogP contribution in [0, 0.1) is 0 Å². The smallest absolute Gasteiger partial charge is 0.164 e. The number of fused-ring (bicyclic) bond motifs is 6. The monoisotopic (exact) mass is 654 g/mol. The molecule has 0 atom stereocenters. The van der Waals surface area contributed by atoms with Crippen LogP contribution in [-0.4, -0.2) is 19.9 Å². The lowest BCUT2D eigenvalue weighted by Gasteiger charge is -2.16. The van der Waals surface area contributed by atoms with E-state index in [9.17, 15) is 0 Å². The van der Waals surface area contributed by atoms with Crippen molar-refractivity contribution in [2.75, 3.05) is 0 Å². The fourth-order valence-corrected chi connectivity index (χ4v) is 6.51. The normalized spacial score (nSPS) is 12.2. The van der Waals surface area contributed by atoms with Gasteiger partial charge in [0.2, 0.25) is 0 Å². The van der Waals surface area contributed by atoms with Crippen molar-refractivity contribution in [3.8, 4) is 79.0 Å². The average molecular weight is 655 g/mol. The second kappa shape index (κ2) is 13.1. The Morgan fingerprint density at radius 2 is 0.863 bits per heavy atom. The van der Waals surface area contributed by atoms with Crippen LogP contribution >= 0.6 is 0 Å². The largest absolute Gasteiger partial charge is 0.456 e. The molecule has 0 fully saturated rings. The third kappa shape index (κ3) is 5.98. The van der Waals surface area contributed by atoms with Crippen molar-refractivity contribution in [2.24, 2.45) is 0 Å². The fourth-order valence-electron chi connectivity index (χ4n) is 6.51. The first kappa shape index (κ1) is 30.1. The van der Waals surface area contributed by atoms with Gasteiger partial charge in [0.1, 0.15) is 11.5 Å². The minimum absolute atomic E-state index is 0.588. The Morgan fingerprint density at radius 1 is 0.353 bits per heavy atom. The lowest BCUT2D eigenvalue weighted by Crippen LogP contribution is -2.00. The van der Waals surface area contributed by atoms with Crippen LogP contribution in [0.15, 0.2) is 170 Å². The highest BCUT2D eigenvalue weighted by Crippen LogP contribution is 2.42. The number of aromatic nitrogens is 4. The molecular formula is C46H30N4O. The van der Waals surface area contributed by atoms with Crippen molar-refractivity contribution in [3.05, 3.63) is 181 Å². The molecule has 2 aromatic heterocycles. The van der Waals surface area contributed by atoms with Crippen molar-refractivity contribution < 1.29 is 4.74 Å². The first-order valence-electron chi connectivity index (χ1n) is 16.9. The number of ether oxygens (including phenoxy) is 1. The van der Waals surface area contributed by atoms with Crippen LogP contribution in [0.5, 0.6) is 11.5 Å². The standard InChI is InChI=1S/C46H30N4O/c1-2-12-34(13-3-1)44-48-45(35-25-20-31(21-26-35)37-14-10-28-47-30-37)50-46(49-44)36-27-24-33-23-22-32-11-4-5-15-38(32)39-16-6-8-18-42(39)51-43-19-9-7-17-40(43)41(33)29-36/h1-30H/b23-22-. The average Bonchev–Trinajstić information content (AvgIpc) is 3.23. The van der Waals surface area contributed by atoms with Gasteiger partial charge in [-0.25, -0.2) is 15.0 Å². The maximum Gasteiger partial charge on any atom is 0.164 e. The van der Waals surface area contributed by atoms with E-state index < -0.39 is 0 Å². The molecular weight excluding hydrogens is 625 g/mol. The van der Waals surface area contributed by atoms with E-state index in [-0.39, 0.29) is 0 Å². The first-order valence-corrected chi connectivity index (χ1v) is 16.9. The van der Waals surface area contributed by atoms with Crippen LogP contribution < -0.4 is 4.74 Å². The van der Waals surface area contributed by atoms with E-state index in [0.717, 1.165) is 72.7 Å². The summed E-state index contributed by atoms with van der Waals surface area (Å²) in [4.78, 5) is 19.4. The Morgan fingerprint density at radius 3 is 1.55 bits per heavy atom. The molecule has 8 aromatic rings. The number of nitrogens with zero attached hydrogens (tertiary/aromatic N) is 4. The highest BCUT2D eigenvalue weighted by molar-refractivity contribution is 5.90. The van der Waals surface area contributed by atoms with Gasteiger partial charge in [-0.15, -0.1) is 0 Å². The summed E-state index contributed by atoms with van der Waals surface area (Å²) in [6.45, 7) is 0. The Bertz CT molecular complexity index is 2550. The van der Waals surface area contributed by atoms with Gasteiger partial charge in [0.25, 0.3) is 0 Å². The number of pyridine rings is 1. The third-order valence-corrected chi connectivity index (χ3v) is 9.09. The summed E-state index contributed by atoms with van der Waals surface area (Å²) in [5, 5.41) is 0. The molecule has 0 spiro atoms. The maximum atomic E-state index is 6.76. The van der Waals surface area contributed by atoms with E-state index >= 15 is 0 Å². The second-order valence-corrected chi connectivity index (χ2v) is 12.3. The quantitative estimate of drug-likeness (QED) is 0.189. The van der Waals surface area contributed by atoms with Gasteiger partial charge in [0, 0.05) is 40.2 Å². The minimum Gasteiger partial charge on any atom is -0.456 e. The Balaban J connectivity index is 1.21. The molecule has 51 heavy (non-hydrogen) atoms. The van der Waals surface area contributed by atoms with Gasteiger partial charge < -0.3 is 4.74 Å². The highest BCUT2D eigenvalue weighted by Gasteiger charge is 2.18. The zero-order valence-electron chi connectivity index (χ0n) is 27.5. The number of hydrogen-bond donors (Lipinski definition) is 0. The first-order chi connectivity index (χ1) is 25.3. The molecule has 5 nitrogen and oxygen atoms in total. The molecule has 5 heteroatoms. The molecule has 0 unspecified atom stereocenters. The molecule has 240 valence electrons. The van der Waals surface area contributed by atoms with Crippen LogP contribution in [0.25, 0.3) is 79.7 Å². The molecule has 0 saturated heterocycles. The predicted octanol–water partition coefficient (Wildman–Crippen LogP) is 11.5. The van der Waals surface area contributed by atoms with E-state index in [1.165, 1.54) is 0 Å². The molecule has 0 N–H and O–H groups in total. The number of hydrogen-bond acceptors (Lipinski definition) is 5. The summed E-state index contributed by atoms with van der Waals surface area (Å²) in [6.07, 6.45) is 8.01. The van der Waals surface area contributed by atoms with Crippen LogP contribution in [0.1, 0.15) is 11.1 Å². The van der Waals surface area contributed by atoms with E-state index in [1.54, 1.807) is 6.20 Å². The summed E-state index contributed by atoms with van der Waals surface area (Å²) in [7, 11) is 0. The minimum atomic E-state index is 0.588. The van der Waals surface area contributed by atoms with E-state index in [0.29, 0.717) is 17.5 Å². The summed E-state index contributed by atoms with van der Waals surface area (Å²) in [5.74, 6) is 3.37. The third-order valence-electron chi connectivity index (χ3n) is 9.09. The number of para-hydroxylation sites is 2. The summed E-state index contributed by atoms with van der Waals surface area (Å²) < 4.78 is 6.76. The number of benzene rings is 6. The topological polar surface area (TPSA) is 60.8 Å². The summed E-state index contributed by atoms with van der Waals surface area (Å²) in [5.41, 5.74) is 11.1. The van der Waals surface area contributed by atoms with Crippen molar-refractivity contribution in [1.82, 2.24) is 19.9 Å². The van der Waals surface area contributed by atoms with Crippen molar-refractivity contribution >= 4 is 12.2 Å². The van der Waals surface area contributed by atoms with Gasteiger partial charge >= 0.3 is 0 Å². The highest BCUT2D eigenvalue weighted by atomic mass is 16.5. The number of rotatable bonds is 4. The van der Waals surface area contributed by atoms with Gasteiger partial charge in [0.05, 0.1) is 0 Å². The van der Waals surface area contributed by atoms with Gasteiger partial charge in [-0.2, -0.15) is 0 Å². The van der Waals surface area contributed by atoms with Crippen molar-refractivity contribution in [3.63, 3.8) is 0 Å². The fraction of sp³-hybridized carbons (Fsp3) is 0. The van der Waals surface area contributed by atoms with Gasteiger partial charge in [0.15, 0.2) is 17.5 Å². The molecule has 0 radical (unpaired) electrons. The molecule has 1 aliphatic rings. The predicted molar refractivity (Wildman–Crippen MR) is 206 cm³/mol. The van der Waals surface area contributed by atoms with Crippen LogP contribution in [0.4, 0.5) is 0 Å². The molecule has 3 heterocycles. The van der Waals surface area contributed by atoms with Crippen molar-refractivity contribution in [2.45, 2.75) is 0 Å². The lowest BCUT2D eigenvalue weighted by molar-refractivity contribution is 0.486. The van der Waals surface area contributed by atoms with E-state index in [2.05, 4.69) is 108 Å². The van der Waals surface area contributed by atoms with Gasteiger partial charge in [-0.3, -0.25) is 4.98 Å². The maximum absolute atomic E-state index is 6.76. The van der Waals surface area contributed by atoms with Crippen LogP contribution in [0.2, 0.25) is 0 Å². The molecule has 0 aliphatic carbocycles. The molecule has 0 saturated carbocycles. The summed E-state index contributed by atoms with van der Waals surface area (Å²) >= 11 is 0. The van der Waals surface area contributed by atoms with Crippen LogP contribution in [0.3, 0.4) is 0 Å². The van der Waals surface area contributed by atoms with E-state index in [4.69, 9.17) is 19.7 Å². The van der Waals surface area contributed by atoms with Gasteiger partial charge in [-0.1, -0.05) is 146 Å². The lowest BCUT2D eigenvalue weighted by atomic mass is 9.94. The zero-order chi connectivity index (χ0) is 34.0. The summed E-state index contributed by atoms with van der Waals surface area (Å²) in [6, 6.07) is 53.5. The second-order valence-electron chi connectivity index (χ2n) is 12.3. The molecule has 0 amide bonds. The Kier molecular flexibility index (Phi) is 7.76. The Hall–Kier alpha value is -6.98. The van der Waals surface area contributed by atoms with Gasteiger partial charge in [-0.05, 0) is 57.6 Å². The SMILES string of the molecule is C1=C\c2ccc(-c3nc(-c4ccccc4)nc(-c4ccc(-c5cccnc5)cc4)n3)cc2-c2ccccc2Oc2ccccc2-c2ccccc2/1. The molecule has 0 bridgehead atoms. The molecule has 9 rings (SSSR count). The molecule has 1 aliphatic heterocycles. The van der Waals surface area contributed by atoms with Crippen molar-refractivity contribution in [1.29, 1.82) is 0 Å². The van der Waals surface area contributed by atoms with Crippen LogP contribution in [-0.2, 0) is 0 Å². The Labute approximate surface area is 296 Å². The molecule has 6 aromatic carbocycles.